The number of phenolic OH excluding ortho intramolecular Hbond substituents is 1. The van der Waals surface area contributed by atoms with Crippen molar-refractivity contribution in [2.45, 2.75) is 57.8 Å². The van der Waals surface area contributed by atoms with Crippen LogP contribution in [0.2, 0.25) is 0 Å². The van der Waals surface area contributed by atoms with Gasteiger partial charge in [-0.25, -0.2) is 0 Å². The van der Waals surface area contributed by atoms with Crippen LogP contribution in [-0.2, 0) is 16.6 Å². The predicted octanol–water partition coefficient (Wildman–Crippen LogP) is 2.35. The summed E-state index contributed by atoms with van der Waals surface area (Å²) in [7, 11) is 0. The summed E-state index contributed by atoms with van der Waals surface area (Å²) < 4.78 is 5.94. The smallest absolute Gasteiger partial charge is 0.115 e. The van der Waals surface area contributed by atoms with Crippen LogP contribution < -0.4 is 5.73 Å². The molecule has 0 spiro atoms. The highest BCUT2D eigenvalue weighted by Crippen LogP contribution is 2.39. The Morgan fingerprint density at radius 2 is 2.06 bits per heavy atom. The molecule has 0 aliphatic heterocycles. The molecule has 2 atom stereocenters. The number of phenols is 1. The van der Waals surface area contributed by atoms with E-state index in [1.807, 2.05) is 26.0 Å². The van der Waals surface area contributed by atoms with E-state index in [4.69, 9.17) is 10.5 Å². The van der Waals surface area contributed by atoms with Crippen molar-refractivity contribution in [2.75, 3.05) is 0 Å². The van der Waals surface area contributed by atoms with E-state index < -0.39 is 0 Å². The second-order valence-corrected chi connectivity index (χ2v) is 6.02. The zero-order valence-corrected chi connectivity index (χ0v) is 11.6. The van der Waals surface area contributed by atoms with Crippen LogP contribution in [-0.4, -0.2) is 23.4 Å². The summed E-state index contributed by atoms with van der Waals surface area (Å²) in [6.07, 6.45) is 1.03. The van der Waals surface area contributed by atoms with Crippen molar-refractivity contribution in [3.63, 3.8) is 0 Å². The molecule has 0 unspecified atom stereocenters. The number of nitrogens with two attached hydrogens (primary N) is 1. The summed E-state index contributed by atoms with van der Waals surface area (Å²) in [6.45, 7) is 8.30. The fourth-order valence-electron chi connectivity index (χ4n) is 2.81. The molecular weight excluding hydrogens is 226 g/mol. The summed E-state index contributed by atoms with van der Waals surface area (Å²) >= 11 is 0. The minimum atomic E-state index is -0.189. The third-order valence-corrected chi connectivity index (χ3v) is 3.89. The summed E-state index contributed by atoms with van der Waals surface area (Å²) in [4.78, 5) is 0. The van der Waals surface area contributed by atoms with Gasteiger partial charge in [-0.3, -0.25) is 0 Å². The maximum absolute atomic E-state index is 9.65. The van der Waals surface area contributed by atoms with Crippen molar-refractivity contribution in [2.24, 2.45) is 5.73 Å². The van der Waals surface area contributed by atoms with E-state index >= 15 is 0 Å². The number of benzene rings is 1. The minimum absolute atomic E-state index is 0.0389. The molecule has 0 fully saturated rings. The quantitative estimate of drug-likeness (QED) is 0.846. The second kappa shape index (κ2) is 4.56. The van der Waals surface area contributed by atoms with Crippen LogP contribution in [0.15, 0.2) is 18.2 Å². The lowest BCUT2D eigenvalue weighted by Crippen LogP contribution is -2.55. The number of fused-ring (bicyclic) bond motifs is 1. The van der Waals surface area contributed by atoms with Crippen LogP contribution in [0.4, 0.5) is 0 Å². The molecule has 2 rings (SSSR count). The Bertz CT molecular complexity index is 440. The molecular formula is C15H23NO2. The molecule has 1 aromatic rings. The minimum Gasteiger partial charge on any atom is -0.508 e. The van der Waals surface area contributed by atoms with Gasteiger partial charge < -0.3 is 15.6 Å². The number of hydrogen-bond donors (Lipinski definition) is 2. The molecule has 3 nitrogen and oxygen atoms in total. The molecule has 1 aliphatic carbocycles. The Labute approximate surface area is 109 Å². The summed E-state index contributed by atoms with van der Waals surface area (Å²) in [6, 6.07) is 5.49. The number of hydrogen-bond acceptors (Lipinski definition) is 3. The summed E-state index contributed by atoms with van der Waals surface area (Å²) in [5.74, 6) is 0.303. The zero-order chi connectivity index (χ0) is 13.5. The normalized spacial score (nSPS) is 26.1. The maximum atomic E-state index is 9.65. The van der Waals surface area contributed by atoms with Crippen LogP contribution >= 0.6 is 0 Å². The van der Waals surface area contributed by atoms with Crippen molar-refractivity contribution < 1.29 is 9.84 Å². The molecule has 0 saturated heterocycles. The van der Waals surface area contributed by atoms with Crippen LogP contribution in [0.25, 0.3) is 0 Å². The van der Waals surface area contributed by atoms with Crippen molar-refractivity contribution in [1.29, 1.82) is 0 Å². The Morgan fingerprint density at radius 3 is 2.67 bits per heavy atom. The van der Waals surface area contributed by atoms with Gasteiger partial charge in [-0.2, -0.15) is 0 Å². The number of ether oxygens (including phenoxy) is 1. The molecule has 1 aromatic carbocycles. The van der Waals surface area contributed by atoms with Gasteiger partial charge in [0.15, 0.2) is 0 Å². The standard InChI is InChI=1S/C15H23NO2/c1-9(2)18-13-7-10-5-6-11(17)8-12(10)15(3,4)14(13)16/h5-6,8-9,13-14,17H,7,16H2,1-4H3/t13-,14+/m0/s1. The Morgan fingerprint density at radius 1 is 1.39 bits per heavy atom. The fourth-order valence-corrected chi connectivity index (χ4v) is 2.81. The summed E-state index contributed by atoms with van der Waals surface area (Å²) in [5, 5.41) is 9.65. The van der Waals surface area contributed by atoms with Gasteiger partial charge in [-0.15, -0.1) is 0 Å². The van der Waals surface area contributed by atoms with E-state index in [0.29, 0.717) is 5.75 Å². The first kappa shape index (κ1) is 13.4. The highest BCUT2D eigenvalue weighted by molar-refractivity contribution is 5.43. The molecule has 0 saturated carbocycles. The van der Waals surface area contributed by atoms with E-state index in [-0.39, 0.29) is 23.7 Å². The highest BCUT2D eigenvalue weighted by Gasteiger charge is 2.41. The Balaban J connectivity index is 2.40. The van der Waals surface area contributed by atoms with E-state index in [1.165, 1.54) is 5.56 Å². The lowest BCUT2D eigenvalue weighted by molar-refractivity contribution is -0.0242. The van der Waals surface area contributed by atoms with Crippen molar-refractivity contribution in [1.82, 2.24) is 0 Å². The molecule has 1 aliphatic rings. The molecule has 3 heteroatoms. The van der Waals surface area contributed by atoms with Crippen LogP contribution in [0.3, 0.4) is 0 Å². The van der Waals surface area contributed by atoms with Crippen molar-refractivity contribution in [3.05, 3.63) is 29.3 Å². The van der Waals surface area contributed by atoms with Gasteiger partial charge in [0.1, 0.15) is 5.75 Å². The molecule has 3 N–H and O–H groups in total. The van der Waals surface area contributed by atoms with Crippen molar-refractivity contribution in [3.8, 4) is 5.75 Å². The molecule has 0 aromatic heterocycles. The molecule has 18 heavy (non-hydrogen) atoms. The average molecular weight is 249 g/mol. The van der Waals surface area contributed by atoms with Gasteiger partial charge in [0.25, 0.3) is 0 Å². The summed E-state index contributed by atoms with van der Waals surface area (Å²) in [5.41, 5.74) is 8.54. The average Bonchev–Trinajstić information content (AvgIpc) is 2.27. The Hall–Kier alpha value is -1.06. The van der Waals surface area contributed by atoms with Gasteiger partial charge in [-0.05, 0) is 37.1 Å². The van der Waals surface area contributed by atoms with Crippen LogP contribution in [0.1, 0.15) is 38.8 Å². The van der Waals surface area contributed by atoms with Gasteiger partial charge in [-0.1, -0.05) is 19.9 Å². The molecule has 0 amide bonds. The highest BCUT2D eigenvalue weighted by atomic mass is 16.5. The fraction of sp³-hybridized carbons (Fsp3) is 0.600. The largest absolute Gasteiger partial charge is 0.508 e. The van der Waals surface area contributed by atoms with E-state index in [9.17, 15) is 5.11 Å². The third-order valence-electron chi connectivity index (χ3n) is 3.89. The topological polar surface area (TPSA) is 55.5 Å². The Kier molecular flexibility index (Phi) is 3.39. The third kappa shape index (κ3) is 2.25. The van der Waals surface area contributed by atoms with Gasteiger partial charge in [0.2, 0.25) is 0 Å². The lowest BCUT2D eigenvalue weighted by atomic mass is 9.68. The van der Waals surface area contributed by atoms with E-state index in [1.54, 1.807) is 6.07 Å². The molecule has 100 valence electrons. The van der Waals surface area contributed by atoms with E-state index in [0.717, 1.165) is 12.0 Å². The monoisotopic (exact) mass is 249 g/mol. The first-order chi connectivity index (χ1) is 8.32. The second-order valence-electron chi connectivity index (χ2n) is 6.02. The predicted molar refractivity (Wildman–Crippen MR) is 72.8 cm³/mol. The van der Waals surface area contributed by atoms with Gasteiger partial charge >= 0.3 is 0 Å². The van der Waals surface area contributed by atoms with Crippen LogP contribution in [0.5, 0.6) is 5.75 Å². The van der Waals surface area contributed by atoms with Gasteiger partial charge in [0.05, 0.1) is 12.2 Å². The maximum Gasteiger partial charge on any atom is 0.115 e. The molecule has 0 bridgehead atoms. The van der Waals surface area contributed by atoms with E-state index in [2.05, 4.69) is 13.8 Å². The zero-order valence-electron chi connectivity index (χ0n) is 11.6. The SMILES string of the molecule is CC(C)O[C@H]1Cc2ccc(O)cc2C(C)(C)[C@@H]1N. The molecule has 0 heterocycles. The first-order valence-electron chi connectivity index (χ1n) is 6.55. The molecule has 0 radical (unpaired) electrons. The number of rotatable bonds is 2. The number of aromatic hydroxyl groups is 1. The van der Waals surface area contributed by atoms with Crippen LogP contribution in [0, 0.1) is 0 Å². The first-order valence-corrected chi connectivity index (χ1v) is 6.55. The van der Waals surface area contributed by atoms with Crippen molar-refractivity contribution >= 4 is 0 Å². The lowest BCUT2D eigenvalue weighted by Gasteiger charge is -2.43. The van der Waals surface area contributed by atoms with Gasteiger partial charge in [0, 0.05) is 17.9 Å².